The second-order valence-electron chi connectivity index (χ2n) is 6.34. The molecule has 0 spiro atoms. The van der Waals surface area contributed by atoms with Gasteiger partial charge in [0.2, 0.25) is 0 Å². The van der Waals surface area contributed by atoms with Gasteiger partial charge >= 0.3 is 5.69 Å². The predicted octanol–water partition coefficient (Wildman–Crippen LogP) is 1.58. The van der Waals surface area contributed by atoms with Gasteiger partial charge in [-0.3, -0.25) is 13.9 Å². The largest absolute Gasteiger partial charge is 0.508 e. The lowest BCUT2D eigenvalue weighted by molar-refractivity contribution is 0.475. The van der Waals surface area contributed by atoms with Gasteiger partial charge in [0.25, 0.3) is 5.56 Å². The lowest BCUT2D eigenvalue weighted by atomic mass is 10.2. The number of nitrogens with zero attached hydrogens (tertiary/aromatic N) is 5. The Kier molecular flexibility index (Phi) is 4.38. The van der Waals surface area contributed by atoms with E-state index in [4.69, 9.17) is 0 Å². The van der Waals surface area contributed by atoms with Crippen molar-refractivity contribution in [2.75, 3.05) is 0 Å². The molecule has 0 radical (unpaired) electrons. The van der Waals surface area contributed by atoms with Crippen molar-refractivity contribution in [2.24, 2.45) is 7.05 Å². The first-order valence-electron chi connectivity index (χ1n) is 8.43. The quantitative estimate of drug-likeness (QED) is 0.563. The molecule has 29 heavy (non-hydrogen) atoms. The maximum absolute atomic E-state index is 13.5. The summed E-state index contributed by atoms with van der Waals surface area (Å²) in [5, 5.41) is 17.4. The van der Waals surface area contributed by atoms with Gasteiger partial charge in [0, 0.05) is 12.6 Å². The van der Waals surface area contributed by atoms with Crippen LogP contribution in [0, 0.1) is 11.6 Å². The van der Waals surface area contributed by atoms with Gasteiger partial charge in [-0.2, -0.15) is 0 Å². The number of aromatic hydroxyl groups is 1. The summed E-state index contributed by atoms with van der Waals surface area (Å²) in [4.78, 5) is 29.4. The maximum atomic E-state index is 13.5. The van der Waals surface area contributed by atoms with Crippen molar-refractivity contribution in [3.05, 3.63) is 80.5 Å². The number of hydrogen-bond acceptors (Lipinski definition) is 6. The first-order chi connectivity index (χ1) is 13.8. The summed E-state index contributed by atoms with van der Waals surface area (Å²) in [7, 11) is 1.29. The average molecular weight is 397 g/mol. The molecule has 10 heteroatoms. The Balaban J connectivity index is 1.90. The number of halogens is 2. The van der Waals surface area contributed by atoms with Gasteiger partial charge in [0.05, 0.1) is 6.54 Å². The number of phenolic OH excluding ortho intramolecular Hbond substituents is 1. The van der Waals surface area contributed by atoms with E-state index in [0.29, 0.717) is 11.1 Å². The van der Waals surface area contributed by atoms with E-state index in [9.17, 15) is 23.5 Å². The molecule has 0 aliphatic rings. The van der Waals surface area contributed by atoms with Crippen LogP contribution < -0.4 is 11.2 Å². The van der Waals surface area contributed by atoms with Crippen LogP contribution in [0.3, 0.4) is 0 Å². The normalized spacial score (nSPS) is 11.1. The Morgan fingerprint density at radius 2 is 1.72 bits per heavy atom. The molecule has 2 aromatic heterocycles. The molecule has 2 heterocycles. The zero-order valence-corrected chi connectivity index (χ0v) is 15.0. The number of aromatic nitrogens is 5. The molecule has 0 atom stereocenters. The van der Waals surface area contributed by atoms with Crippen LogP contribution in [-0.4, -0.2) is 29.4 Å². The van der Waals surface area contributed by atoms with E-state index in [1.165, 1.54) is 25.2 Å². The Labute approximate surface area is 161 Å². The molecule has 0 amide bonds. The molecule has 8 nitrogen and oxygen atoms in total. The summed E-state index contributed by atoms with van der Waals surface area (Å²) in [6.07, 6.45) is 0. The number of rotatable bonds is 3. The highest BCUT2D eigenvalue weighted by Crippen LogP contribution is 2.19. The van der Waals surface area contributed by atoms with E-state index in [-0.39, 0.29) is 29.3 Å². The first kappa shape index (κ1) is 18.4. The fourth-order valence-electron chi connectivity index (χ4n) is 2.86. The maximum Gasteiger partial charge on any atom is 0.332 e. The minimum absolute atomic E-state index is 0.0544. The van der Waals surface area contributed by atoms with Crippen LogP contribution in [0.25, 0.3) is 22.6 Å². The highest BCUT2D eigenvalue weighted by Gasteiger charge is 2.16. The molecule has 0 unspecified atom stereocenters. The van der Waals surface area contributed by atoms with E-state index in [1.54, 1.807) is 12.1 Å². The van der Waals surface area contributed by atoms with Crippen molar-refractivity contribution >= 4 is 11.2 Å². The van der Waals surface area contributed by atoms with Crippen LogP contribution in [0.2, 0.25) is 0 Å². The predicted molar refractivity (Wildman–Crippen MR) is 99.4 cm³/mol. The fourth-order valence-corrected chi connectivity index (χ4v) is 2.86. The molecule has 0 saturated carbocycles. The lowest BCUT2D eigenvalue weighted by Crippen LogP contribution is -2.39. The molecule has 0 aliphatic carbocycles. The van der Waals surface area contributed by atoms with E-state index < -0.39 is 22.9 Å². The topological polar surface area (TPSA) is 103 Å². The minimum Gasteiger partial charge on any atom is -0.508 e. The summed E-state index contributed by atoms with van der Waals surface area (Å²) in [5.41, 5.74) is -0.728. The third-order valence-electron chi connectivity index (χ3n) is 4.40. The number of phenols is 1. The summed E-state index contributed by atoms with van der Waals surface area (Å²) in [6.45, 7) is -0.157. The van der Waals surface area contributed by atoms with Gasteiger partial charge in [0.1, 0.15) is 5.75 Å². The standard InChI is InChI=1S/C19H13F2N5O3/c1-25-18(28)15-17(24-23-16(22-15)11-3-5-12(27)6-4-11)26(19(25)29)9-10-2-7-13(20)14(21)8-10/h2-8,27H,9H2,1H3. The minimum atomic E-state index is -1.05. The van der Waals surface area contributed by atoms with E-state index in [0.717, 1.165) is 21.3 Å². The second-order valence-corrected chi connectivity index (χ2v) is 6.34. The molecule has 1 N–H and O–H groups in total. The molecule has 146 valence electrons. The van der Waals surface area contributed by atoms with Crippen LogP contribution in [0.4, 0.5) is 8.78 Å². The fraction of sp³-hybridized carbons (Fsp3) is 0.105. The van der Waals surface area contributed by atoms with E-state index in [2.05, 4.69) is 15.2 Å². The van der Waals surface area contributed by atoms with Crippen molar-refractivity contribution < 1.29 is 13.9 Å². The van der Waals surface area contributed by atoms with Crippen molar-refractivity contribution in [3.8, 4) is 17.1 Å². The van der Waals surface area contributed by atoms with Gasteiger partial charge in [0.15, 0.2) is 28.6 Å². The molecule has 4 rings (SSSR count). The zero-order chi connectivity index (χ0) is 20.7. The second kappa shape index (κ2) is 6.89. The Morgan fingerprint density at radius 3 is 2.41 bits per heavy atom. The molecule has 0 bridgehead atoms. The van der Waals surface area contributed by atoms with Crippen molar-refractivity contribution in [1.29, 1.82) is 0 Å². The molecular formula is C19H13F2N5O3. The Bertz CT molecular complexity index is 1360. The summed E-state index contributed by atoms with van der Waals surface area (Å²) in [6, 6.07) is 9.22. The van der Waals surface area contributed by atoms with Crippen LogP contribution in [0.5, 0.6) is 5.75 Å². The molecular weight excluding hydrogens is 384 g/mol. The average Bonchev–Trinajstić information content (AvgIpc) is 2.72. The summed E-state index contributed by atoms with van der Waals surface area (Å²) < 4.78 is 28.7. The summed E-state index contributed by atoms with van der Waals surface area (Å²) in [5.74, 6) is -1.87. The van der Waals surface area contributed by atoms with Gasteiger partial charge in [-0.25, -0.2) is 18.6 Å². The highest BCUT2D eigenvalue weighted by molar-refractivity contribution is 5.71. The van der Waals surface area contributed by atoms with Crippen molar-refractivity contribution in [3.63, 3.8) is 0 Å². The van der Waals surface area contributed by atoms with Gasteiger partial charge in [-0.15, -0.1) is 10.2 Å². The van der Waals surface area contributed by atoms with E-state index in [1.807, 2.05) is 0 Å². The molecule has 2 aromatic carbocycles. The van der Waals surface area contributed by atoms with E-state index >= 15 is 0 Å². The van der Waals surface area contributed by atoms with Crippen LogP contribution in [0.15, 0.2) is 52.1 Å². The Hall–Kier alpha value is -3.95. The van der Waals surface area contributed by atoms with Gasteiger partial charge < -0.3 is 5.11 Å². The van der Waals surface area contributed by atoms with Crippen molar-refractivity contribution in [1.82, 2.24) is 24.3 Å². The molecule has 0 fully saturated rings. The molecule has 0 aliphatic heterocycles. The smallest absolute Gasteiger partial charge is 0.332 e. The van der Waals surface area contributed by atoms with Gasteiger partial charge in [-0.05, 0) is 42.0 Å². The SMILES string of the molecule is Cn1c(=O)c2nc(-c3ccc(O)cc3)nnc2n(Cc2ccc(F)c(F)c2)c1=O. The van der Waals surface area contributed by atoms with Gasteiger partial charge in [-0.1, -0.05) is 6.07 Å². The monoisotopic (exact) mass is 397 g/mol. The first-order valence-corrected chi connectivity index (χ1v) is 8.43. The van der Waals surface area contributed by atoms with Crippen LogP contribution >= 0.6 is 0 Å². The number of fused-ring (bicyclic) bond motifs is 1. The zero-order valence-electron chi connectivity index (χ0n) is 15.0. The van der Waals surface area contributed by atoms with Crippen molar-refractivity contribution in [2.45, 2.75) is 6.54 Å². The molecule has 0 saturated heterocycles. The Morgan fingerprint density at radius 1 is 1.00 bits per heavy atom. The lowest BCUT2D eigenvalue weighted by Gasteiger charge is -2.11. The number of hydrogen-bond donors (Lipinski definition) is 1. The van der Waals surface area contributed by atoms with Crippen LogP contribution in [0.1, 0.15) is 5.56 Å². The number of benzene rings is 2. The van der Waals surface area contributed by atoms with Crippen LogP contribution in [-0.2, 0) is 13.6 Å². The summed E-state index contributed by atoms with van der Waals surface area (Å²) >= 11 is 0. The third kappa shape index (κ3) is 3.24. The molecule has 4 aromatic rings. The third-order valence-corrected chi connectivity index (χ3v) is 4.40. The highest BCUT2D eigenvalue weighted by atomic mass is 19.2.